The van der Waals surface area contributed by atoms with Crippen LogP contribution in [-0.4, -0.2) is 61.4 Å². The molecule has 2 saturated heterocycles. The van der Waals surface area contributed by atoms with Gasteiger partial charge in [-0.15, -0.1) is 0 Å². The predicted molar refractivity (Wildman–Crippen MR) is 121 cm³/mol. The number of aliphatic imine (C=N–C) groups is 1. The zero-order valence-electron chi connectivity index (χ0n) is 18.7. The van der Waals surface area contributed by atoms with Gasteiger partial charge in [0.25, 0.3) is 0 Å². The fourth-order valence-electron chi connectivity index (χ4n) is 4.15. The molecule has 0 bridgehead atoms. The standard InChI is InChI=1S/C24H34N4O3/c1-18-6-8-19(9-7-18)22-15-26-23(31-22)16-27-24(25-2)28-12-10-20(11-13-28)30-17-21-5-3-4-14-29-21/h6-9,15,20-21H,3-5,10-14,16-17H2,1-2H3,(H,25,27). The van der Waals surface area contributed by atoms with Crippen LogP contribution >= 0.6 is 0 Å². The minimum absolute atomic E-state index is 0.284. The van der Waals surface area contributed by atoms with Gasteiger partial charge < -0.3 is 24.1 Å². The molecule has 7 nitrogen and oxygen atoms in total. The van der Waals surface area contributed by atoms with E-state index in [0.29, 0.717) is 18.5 Å². The van der Waals surface area contributed by atoms with Crippen LogP contribution in [0.4, 0.5) is 0 Å². The number of piperidine rings is 1. The molecule has 0 radical (unpaired) electrons. The molecule has 0 spiro atoms. The summed E-state index contributed by atoms with van der Waals surface area (Å²) in [7, 11) is 1.82. The predicted octanol–water partition coefficient (Wildman–Crippen LogP) is 3.78. The van der Waals surface area contributed by atoms with Gasteiger partial charge in [0.15, 0.2) is 11.7 Å². The van der Waals surface area contributed by atoms with Crippen molar-refractivity contribution >= 4 is 5.96 Å². The van der Waals surface area contributed by atoms with Gasteiger partial charge in [-0.05, 0) is 39.0 Å². The van der Waals surface area contributed by atoms with Gasteiger partial charge in [-0.1, -0.05) is 29.8 Å². The molecule has 0 aliphatic carbocycles. The van der Waals surface area contributed by atoms with Crippen LogP contribution in [0, 0.1) is 6.92 Å². The molecule has 2 aliphatic rings. The van der Waals surface area contributed by atoms with Gasteiger partial charge in [-0.2, -0.15) is 0 Å². The number of benzene rings is 1. The average Bonchev–Trinajstić information content (AvgIpc) is 3.29. The van der Waals surface area contributed by atoms with Crippen molar-refractivity contribution in [3.05, 3.63) is 41.9 Å². The number of aryl methyl sites for hydroxylation is 1. The summed E-state index contributed by atoms with van der Waals surface area (Å²) in [4.78, 5) is 11.1. The van der Waals surface area contributed by atoms with Crippen LogP contribution < -0.4 is 5.32 Å². The largest absolute Gasteiger partial charge is 0.439 e. The molecule has 168 valence electrons. The second-order valence-corrected chi connectivity index (χ2v) is 8.39. The third-order valence-corrected chi connectivity index (χ3v) is 6.03. The van der Waals surface area contributed by atoms with Gasteiger partial charge in [0.05, 0.1) is 31.6 Å². The Kier molecular flexibility index (Phi) is 7.59. The number of nitrogens with one attached hydrogen (secondary N) is 1. The lowest BCUT2D eigenvalue weighted by Gasteiger charge is -2.34. The molecule has 1 aromatic heterocycles. The Balaban J connectivity index is 1.21. The molecule has 2 fully saturated rings. The smallest absolute Gasteiger partial charge is 0.214 e. The topological polar surface area (TPSA) is 72.1 Å². The van der Waals surface area contributed by atoms with Crippen molar-refractivity contribution in [2.24, 2.45) is 4.99 Å². The summed E-state index contributed by atoms with van der Waals surface area (Å²) in [5, 5.41) is 3.39. The second-order valence-electron chi connectivity index (χ2n) is 8.39. The Morgan fingerprint density at radius 1 is 1.19 bits per heavy atom. The maximum absolute atomic E-state index is 6.13. The summed E-state index contributed by atoms with van der Waals surface area (Å²) in [6.07, 6.45) is 7.95. The Bertz CT molecular complexity index is 835. The fourth-order valence-corrected chi connectivity index (χ4v) is 4.15. The monoisotopic (exact) mass is 426 g/mol. The molecular weight excluding hydrogens is 392 g/mol. The molecule has 0 amide bonds. The third-order valence-electron chi connectivity index (χ3n) is 6.03. The number of nitrogens with zero attached hydrogens (tertiary/aromatic N) is 3. The Hall–Kier alpha value is -2.38. The van der Waals surface area contributed by atoms with Crippen LogP contribution in [0.15, 0.2) is 39.9 Å². The number of hydrogen-bond acceptors (Lipinski definition) is 5. The van der Waals surface area contributed by atoms with Crippen LogP contribution in [0.25, 0.3) is 11.3 Å². The minimum Gasteiger partial charge on any atom is -0.439 e. The average molecular weight is 427 g/mol. The summed E-state index contributed by atoms with van der Waals surface area (Å²) in [5.74, 6) is 2.32. The summed E-state index contributed by atoms with van der Waals surface area (Å²) in [6, 6.07) is 8.26. The minimum atomic E-state index is 0.284. The highest BCUT2D eigenvalue weighted by molar-refractivity contribution is 5.79. The number of aromatic nitrogens is 1. The molecule has 2 aliphatic heterocycles. The van der Waals surface area contributed by atoms with Crippen molar-refractivity contribution in [1.29, 1.82) is 0 Å². The second kappa shape index (κ2) is 10.8. The van der Waals surface area contributed by atoms with Gasteiger partial charge in [-0.25, -0.2) is 4.98 Å². The van der Waals surface area contributed by atoms with Gasteiger partial charge in [0.1, 0.15) is 0 Å². The molecule has 7 heteroatoms. The van der Waals surface area contributed by atoms with Gasteiger partial charge >= 0.3 is 0 Å². The fraction of sp³-hybridized carbons (Fsp3) is 0.583. The zero-order chi connectivity index (χ0) is 21.5. The lowest BCUT2D eigenvalue weighted by molar-refractivity contribution is -0.0721. The van der Waals surface area contributed by atoms with E-state index in [1.807, 2.05) is 7.05 Å². The quantitative estimate of drug-likeness (QED) is 0.560. The third kappa shape index (κ3) is 6.08. The maximum Gasteiger partial charge on any atom is 0.214 e. The first-order valence-electron chi connectivity index (χ1n) is 11.4. The summed E-state index contributed by atoms with van der Waals surface area (Å²) in [5.41, 5.74) is 2.26. The van der Waals surface area contributed by atoms with Gasteiger partial charge in [-0.3, -0.25) is 4.99 Å². The lowest BCUT2D eigenvalue weighted by Crippen LogP contribution is -2.47. The Labute approximate surface area is 184 Å². The van der Waals surface area contributed by atoms with Crippen molar-refractivity contribution in [1.82, 2.24) is 15.2 Å². The molecule has 31 heavy (non-hydrogen) atoms. The van der Waals surface area contributed by atoms with Crippen LogP contribution in [0.3, 0.4) is 0 Å². The SMILES string of the molecule is CN=C(NCc1ncc(-c2ccc(C)cc2)o1)N1CCC(OCC2CCCCO2)CC1. The van der Waals surface area contributed by atoms with E-state index in [1.165, 1.54) is 18.4 Å². The number of rotatable bonds is 6. The number of guanidine groups is 1. The van der Waals surface area contributed by atoms with Crippen LogP contribution in [-0.2, 0) is 16.0 Å². The number of oxazole rings is 1. The van der Waals surface area contributed by atoms with Crippen LogP contribution in [0.2, 0.25) is 0 Å². The van der Waals surface area contributed by atoms with E-state index in [1.54, 1.807) is 6.20 Å². The number of hydrogen-bond donors (Lipinski definition) is 1. The lowest BCUT2D eigenvalue weighted by atomic mass is 10.1. The van der Waals surface area contributed by atoms with Crippen molar-refractivity contribution in [2.75, 3.05) is 33.4 Å². The highest BCUT2D eigenvalue weighted by Crippen LogP contribution is 2.21. The first-order chi connectivity index (χ1) is 15.2. The van der Waals surface area contributed by atoms with E-state index >= 15 is 0 Å². The van der Waals surface area contributed by atoms with Gasteiger partial charge in [0.2, 0.25) is 5.89 Å². The summed E-state index contributed by atoms with van der Waals surface area (Å²) < 4.78 is 17.8. The summed E-state index contributed by atoms with van der Waals surface area (Å²) >= 11 is 0. The van der Waals surface area contributed by atoms with E-state index in [4.69, 9.17) is 13.9 Å². The zero-order valence-corrected chi connectivity index (χ0v) is 18.7. The normalized spacial score (nSPS) is 20.8. The van der Waals surface area contributed by atoms with E-state index < -0.39 is 0 Å². The molecule has 2 aromatic rings. The summed E-state index contributed by atoms with van der Waals surface area (Å²) in [6.45, 7) is 6.04. The Morgan fingerprint density at radius 3 is 2.71 bits per heavy atom. The van der Waals surface area contributed by atoms with Crippen molar-refractivity contribution in [3.8, 4) is 11.3 Å². The molecule has 1 aromatic carbocycles. The molecular formula is C24H34N4O3. The van der Waals surface area contributed by atoms with Crippen molar-refractivity contribution in [2.45, 2.75) is 57.8 Å². The van der Waals surface area contributed by atoms with E-state index in [2.05, 4.69) is 51.4 Å². The van der Waals surface area contributed by atoms with Crippen molar-refractivity contribution in [3.63, 3.8) is 0 Å². The van der Waals surface area contributed by atoms with Crippen LogP contribution in [0.1, 0.15) is 43.6 Å². The van der Waals surface area contributed by atoms with Crippen molar-refractivity contribution < 1.29 is 13.9 Å². The first-order valence-corrected chi connectivity index (χ1v) is 11.4. The van der Waals surface area contributed by atoms with Gasteiger partial charge in [0, 0.05) is 32.3 Å². The Morgan fingerprint density at radius 2 is 2.00 bits per heavy atom. The molecule has 1 N–H and O–H groups in total. The number of likely N-dealkylation sites (tertiary alicyclic amines) is 1. The van der Waals surface area contributed by atoms with Crippen LogP contribution in [0.5, 0.6) is 0 Å². The molecule has 0 saturated carbocycles. The molecule has 3 heterocycles. The van der Waals surface area contributed by atoms with E-state index in [0.717, 1.165) is 62.8 Å². The van der Waals surface area contributed by atoms with E-state index in [-0.39, 0.29) is 6.10 Å². The molecule has 4 rings (SSSR count). The highest BCUT2D eigenvalue weighted by Gasteiger charge is 2.24. The molecule has 1 atom stereocenters. The molecule has 1 unspecified atom stereocenters. The van der Waals surface area contributed by atoms with E-state index in [9.17, 15) is 0 Å². The highest BCUT2D eigenvalue weighted by atomic mass is 16.5. The first kappa shape index (κ1) is 21.8. The maximum atomic E-state index is 6.13. The number of ether oxygens (including phenoxy) is 2.